The number of rotatable bonds is 6. The Labute approximate surface area is 111 Å². The van der Waals surface area contributed by atoms with Gasteiger partial charge >= 0.3 is 0 Å². The molecule has 0 saturated heterocycles. The Balaban J connectivity index is 2.61. The second-order valence-electron chi connectivity index (χ2n) is 4.65. The number of hydrogen-bond donors (Lipinski definition) is 1. The summed E-state index contributed by atoms with van der Waals surface area (Å²) in [5.74, 6) is 0.426. The predicted molar refractivity (Wildman–Crippen MR) is 71.0 cm³/mol. The zero-order chi connectivity index (χ0) is 14.4. The topological polar surface area (TPSA) is 81.5 Å². The van der Waals surface area contributed by atoms with E-state index in [2.05, 4.69) is 5.32 Å². The minimum atomic E-state index is -0.694. The maximum atomic E-state index is 11.7. The average Bonchev–Trinajstić information content (AvgIpc) is 2.36. The highest BCUT2D eigenvalue weighted by atomic mass is 16.6. The number of nitro benzene ring substituents is 1. The third-order valence-corrected chi connectivity index (χ3v) is 2.40. The van der Waals surface area contributed by atoms with E-state index < -0.39 is 11.0 Å². The van der Waals surface area contributed by atoms with E-state index >= 15 is 0 Å². The number of ether oxygens (including phenoxy) is 1. The second kappa shape index (κ2) is 6.72. The molecule has 19 heavy (non-hydrogen) atoms. The van der Waals surface area contributed by atoms with Crippen LogP contribution in [0, 0.1) is 16.0 Å². The first-order valence-corrected chi connectivity index (χ1v) is 6.09. The number of nitro groups is 1. The molecule has 1 rings (SSSR count). The van der Waals surface area contributed by atoms with Gasteiger partial charge in [0, 0.05) is 12.6 Å². The summed E-state index contributed by atoms with van der Waals surface area (Å²) >= 11 is 0. The van der Waals surface area contributed by atoms with E-state index in [1.165, 1.54) is 18.2 Å². The van der Waals surface area contributed by atoms with Crippen molar-refractivity contribution < 1.29 is 14.5 Å². The molecule has 0 fully saturated rings. The van der Waals surface area contributed by atoms with Crippen molar-refractivity contribution >= 4 is 11.6 Å². The molecule has 6 nitrogen and oxygen atoms in total. The first-order chi connectivity index (χ1) is 8.90. The molecule has 0 aliphatic rings. The summed E-state index contributed by atoms with van der Waals surface area (Å²) in [5, 5.41) is 13.4. The number of nitrogens with zero attached hydrogens (tertiary/aromatic N) is 1. The van der Waals surface area contributed by atoms with Crippen molar-refractivity contribution in [2.75, 3.05) is 6.54 Å². The molecule has 0 unspecified atom stereocenters. The van der Waals surface area contributed by atoms with Crippen LogP contribution in [0.5, 0.6) is 5.75 Å². The van der Waals surface area contributed by atoms with Gasteiger partial charge in [-0.05, 0) is 18.9 Å². The van der Waals surface area contributed by atoms with Gasteiger partial charge in [-0.3, -0.25) is 14.9 Å². The molecule has 0 radical (unpaired) electrons. The lowest BCUT2D eigenvalue weighted by Crippen LogP contribution is -2.38. The monoisotopic (exact) mass is 266 g/mol. The fourth-order valence-corrected chi connectivity index (χ4v) is 1.38. The van der Waals surface area contributed by atoms with Crippen LogP contribution in [0.15, 0.2) is 24.3 Å². The Morgan fingerprint density at radius 3 is 2.68 bits per heavy atom. The maximum Gasteiger partial charge on any atom is 0.273 e. The SMILES string of the molecule is CC(C)CNC(=O)[C@H](C)Oc1cccc([N+](=O)[O-])c1. The third-order valence-electron chi connectivity index (χ3n) is 2.40. The lowest BCUT2D eigenvalue weighted by atomic mass is 10.2. The minimum Gasteiger partial charge on any atom is -0.481 e. The number of carbonyl (C=O) groups excluding carboxylic acids is 1. The molecular formula is C13H18N2O4. The smallest absolute Gasteiger partial charge is 0.273 e. The molecule has 0 heterocycles. The molecule has 1 aromatic rings. The van der Waals surface area contributed by atoms with E-state index in [-0.39, 0.29) is 11.6 Å². The van der Waals surface area contributed by atoms with Crippen LogP contribution in [0.1, 0.15) is 20.8 Å². The standard InChI is InChI=1S/C13H18N2O4/c1-9(2)8-14-13(16)10(3)19-12-6-4-5-11(7-12)15(17)18/h4-7,9-10H,8H2,1-3H3,(H,14,16)/t10-/m0/s1. The normalized spacial score (nSPS) is 12.0. The first kappa shape index (κ1) is 14.9. The van der Waals surface area contributed by atoms with Crippen molar-refractivity contribution in [1.29, 1.82) is 0 Å². The predicted octanol–water partition coefficient (Wildman–Crippen LogP) is 2.13. The molecule has 1 atom stereocenters. The highest BCUT2D eigenvalue weighted by Gasteiger charge is 2.16. The van der Waals surface area contributed by atoms with E-state index in [9.17, 15) is 14.9 Å². The van der Waals surface area contributed by atoms with Gasteiger partial charge in [-0.25, -0.2) is 0 Å². The molecule has 0 spiro atoms. The van der Waals surface area contributed by atoms with E-state index in [0.29, 0.717) is 18.2 Å². The molecule has 1 amide bonds. The van der Waals surface area contributed by atoms with Crippen LogP contribution >= 0.6 is 0 Å². The van der Waals surface area contributed by atoms with Crippen LogP contribution in [0.2, 0.25) is 0 Å². The zero-order valence-electron chi connectivity index (χ0n) is 11.3. The van der Waals surface area contributed by atoms with Crippen LogP contribution in [-0.4, -0.2) is 23.5 Å². The van der Waals surface area contributed by atoms with Gasteiger partial charge < -0.3 is 10.1 Å². The van der Waals surface area contributed by atoms with Crippen molar-refractivity contribution in [2.24, 2.45) is 5.92 Å². The molecular weight excluding hydrogens is 248 g/mol. The van der Waals surface area contributed by atoms with Gasteiger partial charge in [-0.2, -0.15) is 0 Å². The summed E-state index contributed by atoms with van der Waals surface area (Å²) in [5.41, 5.74) is -0.0627. The number of carbonyl (C=O) groups is 1. The molecule has 0 aliphatic carbocycles. The first-order valence-electron chi connectivity index (χ1n) is 6.09. The molecule has 1 N–H and O–H groups in total. The highest BCUT2D eigenvalue weighted by molar-refractivity contribution is 5.80. The lowest BCUT2D eigenvalue weighted by molar-refractivity contribution is -0.384. The summed E-state index contributed by atoms with van der Waals surface area (Å²) in [6.07, 6.45) is -0.694. The van der Waals surface area contributed by atoms with Crippen molar-refractivity contribution in [1.82, 2.24) is 5.32 Å². The number of nitrogens with one attached hydrogen (secondary N) is 1. The Morgan fingerprint density at radius 1 is 1.42 bits per heavy atom. The molecule has 0 bridgehead atoms. The van der Waals surface area contributed by atoms with Gasteiger partial charge in [0.2, 0.25) is 0 Å². The van der Waals surface area contributed by atoms with Gasteiger partial charge in [-0.1, -0.05) is 19.9 Å². The van der Waals surface area contributed by atoms with Crippen molar-refractivity contribution in [3.63, 3.8) is 0 Å². The fourth-order valence-electron chi connectivity index (χ4n) is 1.38. The molecule has 6 heteroatoms. The van der Waals surface area contributed by atoms with Crippen LogP contribution < -0.4 is 10.1 Å². The van der Waals surface area contributed by atoms with Crippen LogP contribution in [-0.2, 0) is 4.79 Å². The summed E-state index contributed by atoms with van der Waals surface area (Å²) in [6, 6.07) is 5.77. The minimum absolute atomic E-state index is 0.0627. The fraction of sp³-hybridized carbons (Fsp3) is 0.462. The van der Waals surface area contributed by atoms with Crippen molar-refractivity contribution in [3.05, 3.63) is 34.4 Å². The summed E-state index contributed by atoms with van der Waals surface area (Å²) in [7, 11) is 0. The molecule has 0 saturated carbocycles. The number of benzene rings is 1. The molecule has 0 aliphatic heterocycles. The lowest BCUT2D eigenvalue weighted by Gasteiger charge is -2.15. The van der Waals surface area contributed by atoms with Crippen LogP contribution in [0.25, 0.3) is 0 Å². The van der Waals surface area contributed by atoms with E-state index in [1.54, 1.807) is 13.0 Å². The number of amides is 1. The highest BCUT2D eigenvalue weighted by Crippen LogP contribution is 2.20. The molecule has 1 aromatic carbocycles. The Hall–Kier alpha value is -2.11. The van der Waals surface area contributed by atoms with Crippen LogP contribution in [0.4, 0.5) is 5.69 Å². The third kappa shape index (κ3) is 4.95. The summed E-state index contributed by atoms with van der Waals surface area (Å²) in [6.45, 7) is 6.16. The Morgan fingerprint density at radius 2 is 2.11 bits per heavy atom. The average molecular weight is 266 g/mol. The Bertz CT molecular complexity index is 460. The summed E-state index contributed by atoms with van der Waals surface area (Å²) in [4.78, 5) is 21.8. The van der Waals surface area contributed by atoms with Crippen molar-refractivity contribution in [2.45, 2.75) is 26.9 Å². The number of hydrogen-bond acceptors (Lipinski definition) is 4. The Kier molecular flexibility index (Phi) is 5.29. The summed E-state index contributed by atoms with van der Waals surface area (Å²) < 4.78 is 5.38. The van der Waals surface area contributed by atoms with Gasteiger partial charge in [0.15, 0.2) is 6.10 Å². The van der Waals surface area contributed by atoms with Gasteiger partial charge in [0.1, 0.15) is 5.75 Å². The quantitative estimate of drug-likeness (QED) is 0.631. The molecule has 104 valence electrons. The zero-order valence-corrected chi connectivity index (χ0v) is 11.3. The number of non-ortho nitro benzene ring substituents is 1. The largest absolute Gasteiger partial charge is 0.481 e. The second-order valence-corrected chi connectivity index (χ2v) is 4.65. The van der Waals surface area contributed by atoms with Crippen LogP contribution in [0.3, 0.4) is 0 Å². The van der Waals surface area contributed by atoms with Gasteiger partial charge in [0.05, 0.1) is 11.0 Å². The van der Waals surface area contributed by atoms with E-state index in [4.69, 9.17) is 4.74 Å². The van der Waals surface area contributed by atoms with Crippen molar-refractivity contribution in [3.8, 4) is 5.75 Å². The molecule has 0 aromatic heterocycles. The van der Waals surface area contributed by atoms with Gasteiger partial charge in [0.25, 0.3) is 11.6 Å². The van der Waals surface area contributed by atoms with E-state index in [0.717, 1.165) is 0 Å². The van der Waals surface area contributed by atoms with E-state index in [1.807, 2.05) is 13.8 Å². The maximum absolute atomic E-state index is 11.7. The van der Waals surface area contributed by atoms with Gasteiger partial charge in [-0.15, -0.1) is 0 Å².